The highest BCUT2D eigenvalue weighted by atomic mass is 32.1. The van der Waals surface area contributed by atoms with Gasteiger partial charge < -0.3 is 55.7 Å². The number of likely N-dealkylation sites (tertiary alicyclic amines) is 1. The summed E-state index contributed by atoms with van der Waals surface area (Å²) in [6.45, 7) is 12.5. The van der Waals surface area contributed by atoms with Crippen LogP contribution in [0.1, 0.15) is 122 Å². The molecule has 3 unspecified atom stereocenters. The lowest BCUT2D eigenvalue weighted by Gasteiger charge is -2.39. The molecule has 1 saturated heterocycles. The van der Waals surface area contributed by atoms with Gasteiger partial charge in [-0.1, -0.05) is 104 Å². The molecule has 2 aromatic carbocycles. The van der Waals surface area contributed by atoms with Crippen LogP contribution < -0.4 is 26.6 Å². The molecule has 1 aliphatic heterocycles. The van der Waals surface area contributed by atoms with E-state index in [-0.39, 0.29) is 80.2 Å². The van der Waals surface area contributed by atoms with E-state index >= 15 is 0 Å². The molecule has 1 aliphatic rings. The van der Waals surface area contributed by atoms with E-state index in [4.69, 9.17) is 19.3 Å². The maximum Gasteiger partial charge on any atom is 0.410 e. The molecule has 22 heteroatoms. The summed E-state index contributed by atoms with van der Waals surface area (Å²) in [5.41, 5.74) is 2.07. The van der Waals surface area contributed by atoms with Crippen LogP contribution >= 0.6 is 11.3 Å². The van der Waals surface area contributed by atoms with Crippen molar-refractivity contribution in [3.8, 4) is 0 Å². The number of thiazole rings is 1. The number of hydrogen-bond acceptors (Lipinski definition) is 14. The number of rotatable bonds is 33. The Balaban J connectivity index is 1.30. The van der Waals surface area contributed by atoms with Crippen LogP contribution in [0.5, 0.6) is 0 Å². The maximum absolute atomic E-state index is 14.4. The molecule has 0 radical (unpaired) electrons. The van der Waals surface area contributed by atoms with Gasteiger partial charge in [-0.05, 0) is 73.1 Å². The van der Waals surface area contributed by atoms with E-state index in [2.05, 4.69) is 31.6 Å². The van der Waals surface area contributed by atoms with Crippen molar-refractivity contribution in [1.29, 1.82) is 0 Å². The first-order valence-corrected chi connectivity index (χ1v) is 29.1. The molecule has 4 rings (SSSR count). The molecule has 8 amide bonds. The Morgan fingerprint density at radius 2 is 1.48 bits per heavy atom. The normalized spacial score (nSPS) is 16.2. The summed E-state index contributed by atoms with van der Waals surface area (Å²) >= 11 is 1.48. The van der Waals surface area contributed by atoms with Gasteiger partial charge in [0.15, 0.2) is 0 Å². The fraction of sp³-hybridized carbons (Fsp3) is 0.610. The number of anilines is 1. The fourth-order valence-electron chi connectivity index (χ4n) is 10.3. The minimum atomic E-state index is -1.01. The van der Waals surface area contributed by atoms with Crippen molar-refractivity contribution in [1.82, 2.24) is 41.0 Å². The number of likely N-dealkylation sites (N-methyl/N-ethyl adjacent to an activating group) is 2. The van der Waals surface area contributed by atoms with Crippen LogP contribution in [-0.2, 0) is 60.8 Å². The molecule has 21 nitrogen and oxygen atoms in total. The topological polar surface area (TPSA) is 267 Å². The van der Waals surface area contributed by atoms with Crippen molar-refractivity contribution in [3.63, 3.8) is 0 Å². The molecular formula is C59H89N9O12S. The number of benzene rings is 2. The Hall–Kier alpha value is -6.49. The lowest BCUT2D eigenvalue weighted by atomic mass is 9.90. The lowest BCUT2D eigenvalue weighted by molar-refractivity contribution is -0.146. The van der Waals surface area contributed by atoms with E-state index in [1.165, 1.54) is 35.3 Å². The molecule has 2 heterocycles. The van der Waals surface area contributed by atoms with Crippen LogP contribution in [0, 0.1) is 23.7 Å². The SMILES string of the molecule is CC[C@H](C)C([C@@H](CC(=O)N1CCC[C@H]1[C@H](OC)[C@@H](C)C(=O)N[C@@H](Cc1ccccc1)c1nccs1)OC)N(C)C(=O)CNC(=O)C(C(C)C)N(C)C(=O)OCc1ccc(NC(=O)CNC(=O)C(NC(=O)CCCCCO)C(C)C)cc1. The maximum atomic E-state index is 14.4. The van der Waals surface area contributed by atoms with E-state index in [0.29, 0.717) is 56.3 Å². The standard InChI is InChI=1S/C59H89N9O12S/c1-12-39(6)53(46(78-10)33-49(72)68-29-19-22-45(68)54(79-11)40(7)55(74)64-44(58-60-28-31-81-58)32-41-20-15-13-16-21-41)66(8)50(73)35-62-57(76)52(38(4)5)67(9)59(77)80-36-42-24-26-43(27-25-42)63-48(71)34-61-56(75)51(37(2)3)65-47(70)23-17-14-18-30-69/h13,15-16,20-21,24-28,31,37-40,44-46,51-54,69H,12,14,17-19,22-23,29-30,32-36H2,1-11H3,(H,61,75)(H,62,76)(H,63,71)(H,64,74)(H,65,70)/t39-,40+,44-,45-,46+,51?,52?,53?,54+/m0/s1. The average molecular weight is 1150 g/mol. The summed E-state index contributed by atoms with van der Waals surface area (Å²) in [6.07, 6.45) is 4.24. The van der Waals surface area contributed by atoms with Crippen LogP contribution in [0.3, 0.4) is 0 Å². The van der Waals surface area contributed by atoms with Crippen LogP contribution in [0.2, 0.25) is 0 Å². The first kappa shape index (κ1) is 67.0. The fourth-order valence-corrected chi connectivity index (χ4v) is 11.0. The van der Waals surface area contributed by atoms with Crippen LogP contribution in [0.15, 0.2) is 66.2 Å². The number of aliphatic hydroxyl groups is 1. The third kappa shape index (κ3) is 20.5. The molecule has 1 aromatic heterocycles. The van der Waals surface area contributed by atoms with Crippen molar-refractivity contribution < 1.29 is 57.7 Å². The van der Waals surface area contributed by atoms with Gasteiger partial charge in [0.2, 0.25) is 41.4 Å². The number of aromatic nitrogens is 1. The Labute approximate surface area is 482 Å². The van der Waals surface area contributed by atoms with Gasteiger partial charge in [0, 0.05) is 65.2 Å². The largest absolute Gasteiger partial charge is 0.445 e. The highest BCUT2D eigenvalue weighted by Gasteiger charge is 2.43. The highest BCUT2D eigenvalue weighted by Crippen LogP contribution is 2.30. The zero-order valence-corrected chi connectivity index (χ0v) is 50.1. The molecule has 0 spiro atoms. The molecule has 9 atom stereocenters. The van der Waals surface area contributed by atoms with Crippen LogP contribution in [0.25, 0.3) is 0 Å². The molecule has 3 aromatic rings. The summed E-state index contributed by atoms with van der Waals surface area (Å²) in [5.74, 6) is -4.01. The zero-order valence-electron chi connectivity index (χ0n) is 49.2. The summed E-state index contributed by atoms with van der Waals surface area (Å²) in [5, 5.41) is 25.6. The molecule has 448 valence electrons. The number of methoxy groups -OCH3 is 2. The van der Waals surface area contributed by atoms with E-state index in [0.717, 1.165) is 17.0 Å². The second-order valence-corrected chi connectivity index (χ2v) is 22.6. The second-order valence-electron chi connectivity index (χ2n) is 21.6. The number of nitrogens with one attached hydrogen (secondary N) is 5. The van der Waals surface area contributed by atoms with Gasteiger partial charge in [0.05, 0.1) is 55.8 Å². The molecule has 81 heavy (non-hydrogen) atoms. The minimum Gasteiger partial charge on any atom is -0.445 e. The predicted octanol–water partition coefficient (Wildman–Crippen LogP) is 5.62. The molecule has 0 aliphatic carbocycles. The van der Waals surface area contributed by atoms with Gasteiger partial charge in [-0.25, -0.2) is 9.78 Å². The number of ether oxygens (including phenoxy) is 3. The van der Waals surface area contributed by atoms with Gasteiger partial charge >= 0.3 is 6.09 Å². The Morgan fingerprint density at radius 3 is 2.09 bits per heavy atom. The number of unbranched alkanes of at least 4 members (excludes halogenated alkanes) is 2. The quantitative estimate of drug-likeness (QED) is 0.0405. The summed E-state index contributed by atoms with van der Waals surface area (Å²) in [6, 6.07) is 13.3. The zero-order chi connectivity index (χ0) is 59.8. The van der Waals surface area contributed by atoms with E-state index < -0.39 is 72.5 Å². The van der Waals surface area contributed by atoms with Gasteiger partial charge in [0.1, 0.15) is 23.7 Å². The van der Waals surface area contributed by atoms with Gasteiger partial charge in [-0.15, -0.1) is 11.3 Å². The number of aliphatic hydroxyl groups excluding tert-OH is 1. The number of carbonyl (C=O) groups excluding carboxylic acids is 8. The molecule has 1 fully saturated rings. The first-order chi connectivity index (χ1) is 38.6. The number of amides is 8. The van der Waals surface area contributed by atoms with Crippen molar-refractivity contribution in [2.75, 3.05) is 59.9 Å². The Kier molecular flexibility index (Phi) is 28.2. The Morgan fingerprint density at radius 1 is 0.790 bits per heavy atom. The smallest absolute Gasteiger partial charge is 0.410 e. The van der Waals surface area contributed by atoms with Crippen LogP contribution in [-0.4, -0.2) is 163 Å². The number of hydrogen-bond donors (Lipinski definition) is 6. The molecule has 0 bridgehead atoms. The molecule has 6 N–H and O–H groups in total. The Bertz CT molecular complexity index is 2470. The van der Waals surface area contributed by atoms with E-state index in [9.17, 15) is 38.4 Å². The average Bonchev–Trinajstić information content (AvgIpc) is 4.23. The van der Waals surface area contributed by atoms with Crippen LogP contribution in [0.4, 0.5) is 10.5 Å². The van der Waals surface area contributed by atoms with Crippen molar-refractivity contribution in [2.45, 2.75) is 155 Å². The minimum absolute atomic E-state index is 0.0474. The monoisotopic (exact) mass is 1150 g/mol. The molecule has 0 saturated carbocycles. The van der Waals surface area contributed by atoms with Gasteiger partial charge in [0.25, 0.3) is 0 Å². The van der Waals surface area contributed by atoms with E-state index in [1.807, 2.05) is 56.5 Å². The first-order valence-electron chi connectivity index (χ1n) is 28.2. The van der Waals surface area contributed by atoms with Crippen molar-refractivity contribution >= 4 is 64.5 Å². The summed E-state index contributed by atoms with van der Waals surface area (Å²) in [4.78, 5) is 117. The summed E-state index contributed by atoms with van der Waals surface area (Å²) in [7, 11) is 6.14. The third-order valence-electron chi connectivity index (χ3n) is 15.0. The van der Waals surface area contributed by atoms with Crippen molar-refractivity contribution in [2.24, 2.45) is 23.7 Å². The lowest BCUT2D eigenvalue weighted by Crippen LogP contribution is -2.55. The predicted molar refractivity (Wildman–Crippen MR) is 309 cm³/mol. The number of nitrogens with zero attached hydrogens (tertiary/aromatic N) is 4. The van der Waals surface area contributed by atoms with Gasteiger partial charge in [-0.2, -0.15) is 0 Å². The summed E-state index contributed by atoms with van der Waals surface area (Å²) < 4.78 is 17.6. The highest BCUT2D eigenvalue weighted by molar-refractivity contribution is 7.09. The molecular weight excluding hydrogens is 1060 g/mol. The third-order valence-corrected chi connectivity index (χ3v) is 15.9. The van der Waals surface area contributed by atoms with Gasteiger partial charge in [-0.3, -0.25) is 38.5 Å². The van der Waals surface area contributed by atoms with Crippen molar-refractivity contribution in [3.05, 3.63) is 82.3 Å². The second kappa shape index (κ2) is 34.1. The van der Waals surface area contributed by atoms with E-state index in [1.54, 1.807) is 77.2 Å². The number of carbonyl (C=O) groups is 8.